The smallest absolute Gasteiger partial charge is 0.323 e. The molecule has 0 bridgehead atoms. The first kappa shape index (κ1) is 31.8. The molecular weight excluding hydrogens is 585 g/mol. The van der Waals surface area contributed by atoms with Crippen LogP contribution in [0.25, 0.3) is 11.2 Å². The van der Waals surface area contributed by atoms with Gasteiger partial charge in [0.1, 0.15) is 29.6 Å². The summed E-state index contributed by atoms with van der Waals surface area (Å²) in [6, 6.07) is 7.87. The number of nitrogens with two attached hydrogens (primary N) is 1. The Morgan fingerprint density at radius 3 is 2.71 bits per heavy atom. The summed E-state index contributed by atoms with van der Waals surface area (Å²) in [7, 11) is 0. The number of nitrogens with one attached hydrogen (secondary N) is 2. The number of hydrogen-bond acceptors (Lipinski definition) is 13. The van der Waals surface area contributed by atoms with E-state index in [1.165, 1.54) is 17.8 Å². The standard InChI is InChI=1S/C26H36N7O7PS/c1-6-12-28-21-19-22(31-25(27)30-21)33(14-29-19)24-26(5,36)20(34)18(39-24)13-37-41(42,40-17-10-8-7-9-11-17)32-16(4)23(35)38-15(2)3/h6-11,14-16,18,20,24,34,36H,1,12-13H2,2-5H3,(H,32,42)(H3,27,28,30,31). The van der Waals surface area contributed by atoms with Crippen LogP contribution >= 0.6 is 6.64 Å². The van der Waals surface area contributed by atoms with Crippen LogP contribution in [-0.4, -0.2) is 78.8 Å². The number of aliphatic hydroxyl groups excluding tert-OH is 1. The number of hydrogen-bond donors (Lipinski definition) is 5. The molecule has 6 unspecified atom stereocenters. The molecular formula is C26H36N7O7PS. The Bertz CT molecular complexity index is 1460. The van der Waals surface area contributed by atoms with E-state index in [1.807, 2.05) is 6.07 Å². The number of nitrogens with zero attached hydrogens (tertiary/aromatic N) is 4. The van der Waals surface area contributed by atoms with Gasteiger partial charge in [-0.1, -0.05) is 24.3 Å². The van der Waals surface area contributed by atoms with E-state index < -0.39 is 42.7 Å². The lowest BCUT2D eigenvalue weighted by Crippen LogP contribution is -2.44. The summed E-state index contributed by atoms with van der Waals surface area (Å²) in [6.07, 6.45) is -0.861. The van der Waals surface area contributed by atoms with E-state index in [-0.39, 0.29) is 24.3 Å². The predicted molar refractivity (Wildman–Crippen MR) is 160 cm³/mol. The Kier molecular flexibility index (Phi) is 9.83. The molecule has 14 nitrogen and oxygen atoms in total. The second-order valence-electron chi connectivity index (χ2n) is 10.2. The van der Waals surface area contributed by atoms with Crippen molar-refractivity contribution >= 4 is 47.3 Å². The molecule has 2 aromatic heterocycles. The minimum Gasteiger partial charge on any atom is -0.462 e. The first-order chi connectivity index (χ1) is 19.8. The second-order valence-corrected chi connectivity index (χ2v) is 13.3. The summed E-state index contributed by atoms with van der Waals surface area (Å²) in [5.74, 6) is 0.237. The maximum absolute atomic E-state index is 12.5. The first-order valence-corrected chi connectivity index (χ1v) is 15.9. The molecule has 1 aliphatic rings. The monoisotopic (exact) mass is 621 g/mol. The van der Waals surface area contributed by atoms with Gasteiger partial charge in [-0.25, -0.2) is 10.1 Å². The zero-order valence-corrected chi connectivity index (χ0v) is 25.4. The van der Waals surface area contributed by atoms with Crippen molar-refractivity contribution in [1.29, 1.82) is 0 Å². The van der Waals surface area contributed by atoms with Gasteiger partial charge in [0.15, 0.2) is 23.2 Å². The lowest BCUT2D eigenvalue weighted by atomic mass is 9.96. The lowest BCUT2D eigenvalue weighted by Gasteiger charge is -2.28. The van der Waals surface area contributed by atoms with Gasteiger partial charge < -0.3 is 39.8 Å². The molecule has 4 rings (SSSR count). The van der Waals surface area contributed by atoms with Gasteiger partial charge >= 0.3 is 12.6 Å². The molecule has 6 N–H and O–H groups in total. The summed E-state index contributed by atoms with van der Waals surface area (Å²) >= 11 is 5.75. The number of imidazole rings is 1. The normalized spacial score (nSPS) is 24.3. The average molecular weight is 622 g/mol. The van der Waals surface area contributed by atoms with E-state index in [9.17, 15) is 15.0 Å². The van der Waals surface area contributed by atoms with Crippen LogP contribution in [0.4, 0.5) is 11.8 Å². The Morgan fingerprint density at radius 2 is 2.05 bits per heavy atom. The van der Waals surface area contributed by atoms with Crippen LogP contribution in [-0.2, 0) is 30.6 Å². The van der Waals surface area contributed by atoms with Crippen molar-refractivity contribution in [3.63, 3.8) is 0 Å². The number of carbonyl (C=O) groups is 1. The van der Waals surface area contributed by atoms with Crippen LogP contribution in [0, 0.1) is 0 Å². The summed E-state index contributed by atoms with van der Waals surface area (Å²) in [6.45, 7) is 6.87. The molecule has 1 saturated heterocycles. The maximum atomic E-state index is 12.5. The highest BCUT2D eigenvalue weighted by Crippen LogP contribution is 2.47. The Labute approximate surface area is 248 Å². The van der Waals surface area contributed by atoms with E-state index >= 15 is 0 Å². The minimum absolute atomic E-state index is 0.0242. The molecule has 6 atom stereocenters. The summed E-state index contributed by atoms with van der Waals surface area (Å²) in [5, 5.41) is 28.5. The number of para-hydroxylation sites is 1. The Hall–Kier alpha value is -3.17. The molecule has 0 aliphatic carbocycles. The molecule has 1 aromatic carbocycles. The third-order valence-corrected chi connectivity index (χ3v) is 8.79. The van der Waals surface area contributed by atoms with Gasteiger partial charge in [-0.3, -0.25) is 9.36 Å². The lowest BCUT2D eigenvalue weighted by molar-refractivity contribution is -0.149. The molecule has 3 heterocycles. The summed E-state index contributed by atoms with van der Waals surface area (Å²) in [5.41, 5.74) is 4.79. The van der Waals surface area contributed by atoms with Crippen molar-refractivity contribution in [2.24, 2.45) is 0 Å². The number of ether oxygens (including phenoxy) is 2. The molecule has 16 heteroatoms. The van der Waals surface area contributed by atoms with Crippen LogP contribution in [0.2, 0.25) is 0 Å². The molecule has 0 saturated carbocycles. The molecule has 0 amide bonds. The Morgan fingerprint density at radius 1 is 1.33 bits per heavy atom. The number of carbonyl (C=O) groups excluding carboxylic acids is 1. The zero-order valence-electron chi connectivity index (χ0n) is 23.7. The number of nitrogen functional groups attached to an aromatic ring is 1. The maximum Gasteiger partial charge on any atom is 0.323 e. The number of esters is 1. The zero-order chi connectivity index (χ0) is 30.7. The fraction of sp³-hybridized carbons (Fsp3) is 0.462. The van der Waals surface area contributed by atoms with Crippen molar-refractivity contribution < 1.29 is 33.5 Å². The number of fused-ring (bicyclic) bond motifs is 1. The van der Waals surface area contributed by atoms with E-state index in [1.54, 1.807) is 51.1 Å². The second kappa shape index (κ2) is 13.0. The third kappa shape index (κ3) is 7.06. The quantitative estimate of drug-likeness (QED) is 0.106. The van der Waals surface area contributed by atoms with Gasteiger partial charge in [0, 0.05) is 6.54 Å². The molecule has 42 heavy (non-hydrogen) atoms. The van der Waals surface area contributed by atoms with Crippen LogP contribution in [0.5, 0.6) is 5.75 Å². The predicted octanol–water partition coefficient (Wildman–Crippen LogP) is 2.27. The molecule has 0 radical (unpaired) electrons. The van der Waals surface area contributed by atoms with Gasteiger partial charge in [0.05, 0.1) is 19.0 Å². The fourth-order valence-electron chi connectivity index (χ4n) is 4.28. The highest BCUT2D eigenvalue weighted by molar-refractivity contribution is 8.09. The highest BCUT2D eigenvalue weighted by atomic mass is 32.5. The molecule has 228 valence electrons. The van der Waals surface area contributed by atoms with Gasteiger partial charge in [-0.05, 0) is 51.6 Å². The summed E-state index contributed by atoms with van der Waals surface area (Å²) < 4.78 is 24.9. The van der Waals surface area contributed by atoms with E-state index in [0.717, 1.165) is 0 Å². The minimum atomic E-state index is -3.42. The van der Waals surface area contributed by atoms with Gasteiger partial charge in [0.25, 0.3) is 0 Å². The van der Waals surface area contributed by atoms with Crippen LogP contribution in [0.3, 0.4) is 0 Å². The molecule has 1 fully saturated rings. The van der Waals surface area contributed by atoms with E-state index in [2.05, 4.69) is 31.9 Å². The van der Waals surface area contributed by atoms with Crippen molar-refractivity contribution in [3.05, 3.63) is 49.3 Å². The Balaban J connectivity index is 1.56. The third-order valence-electron chi connectivity index (χ3n) is 6.29. The van der Waals surface area contributed by atoms with Crippen LogP contribution in [0.1, 0.15) is 33.9 Å². The van der Waals surface area contributed by atoms with Crippen molar-refractivity contribution in [3.8, 4) is 5.75 Å². The van der Waals surface area contributed by atoms with E-state index in [4.69, 9.17) is 36.1 Å². The fourth-order valence-corrected chi connectivity index (χ4v) is 6.70. The first-order valence-electron chi connectivity index (χ1n) is 13.2. The van der Waals surface area contributed by atoms with Gasteiger partial charge in [0.2, 0.25) is 5.95 Å². The molecule has 0 spiro atoms. The number of benzene rings is 1. The van der Waals surface area contributed by atoms with E-state index in [0.29, 0.717) is 23.6 Å². The van der Waals surface area contributed by atoms with Crippen molar-refractivity contribution in [2.45, 2.75) is 63.9 Å². The number of anilines is 2. The van der Waals surface area contributed by atoms with Crippen molar-refractivity contribution in [1.82, 2.24) is 24.6 Å². The number of aliphatic hydroxyl groups is 2. The largest absolute Gasteiger partial charge is 0.462 e. The summed E-state index contributed by atoms with van der Waals surface area (Å²) in [4.78, 5) is 25.3. The van der Waals surface area contributed by atoms with Gasteiger partial charge in [-0.15, -0.1) is 6.58 Å². The topological polar surface area (TPSA) is 188 Å². The SMILES string of the molecule is C=CCNc1nc(N)nc2c1ncn2C1OC(COP(=S)(NC(C)C(=O)OC(C)C)Oc2ccccc2)C(O)C1(C)O. The van der Waals surface area contributed by atoms with Gasteiger partial charge in [-0.2, -0.15) is 9.97 Å². The number of aromatic nitrogens is 4. The average Bonchev–Trinajstić information content (AvgIpc) is 3.43. The number of rotatable bonds is 13. The van der Waals surface area contributed by atoms with Crippen LogP contribution < -0.4 is 20.7 Å². The molecule has 1 aliphatic heterocycles. The molecule has 3 aromatic rings. The van der Waals surface area contributed by atoms with Crippen LogP contribution in [0.15, 0.2) is 49.3 Å². The van der Waals surface area contributed by atoms with Crippen molar-refractivity contribution in [2.75, 3.05) is 24.2 Å². The highest BCUT2D eigenvalue weighted by Gasteiger charge is 2.54.